The number of nitrogens with two attached hydrogens (primary N) is 1. The molecule has 0 atom stereocenters. The van der Waals surface area contributed by atoms with E-state index in [1.54, 1.807) is 11.4 Å². The Morgan fingerprint density at radius 3 is 2.88 bits per heavy atom. The van der Waals surface area contributed by atoms with Crippen molar-refractivity contribution in [1.29, 1.82) is 0 Å². The van der Waals surface area contributed by atoms with Gasteiger partial charge in [-0.3, -0.25) is 4.79 Å². The Balaban J connectivity index is 2.82. The number of hydrogen-bond acceptors (Lipinski definition) is 4. The number of hydrogen-bond donors (Lipinski definition) is 2. The molecular weight excluding hydrogens is 250 g/mol. The molecule has 0 saturated carbocycles. The van der Waals surface area contributed by atoms with Crippen LogP contribution < -0.4 is 5.73 Å². The number of rotatable bonds is 4. The lowest BCUT2D eigenvalue weighted by atomic mass is 10.3. The van der Waals surface area contributed by atoms with Crippen LogP contribution in [0.25, 0.3) is 0 Å². The average Bonchev–Trinajstić information content (AvgIpc) is 2.71. The van der Waals surface area contributed by atoms with E-state index in [4.69, 9.17) is 22.5 Å². The summed E-state index contributed by atoms with van der Waals surface area (Å²) in [5.74, 6) is -0.225. The van der Waals surface area contributed by atoms with E-state index >= 15 is 0 Å². The van der Waals surface area contributed by atoms with Gasteiger partial charge in [-0.15, -0.1) is 11.3 Å². The molecule has 0 saturated heterocycles. The molecule has 0 spiro atoms. The second kappa shape index (κ2) is 5.72. The van der Waals surface area contributed by atoms with Crippen LogP contribution in [0.15, 0.2) is 16.6 Å². The van der Waals surface area contributed by atoms with Gasteiger partial charge in [-0.05, 0) is 18.4 Å². The van der Waals surface area contributed by atoms with Crippen LogP contribution in [0.1, 0.15) is 16.6 Å². The normalized spacial score (nSPS) is 11.5. The summed E-state index contributed by atoms with van der Waals surface area (Å²) in [4.78, 5) is 13.9. The molecule has 0 aliphatic rings. The summed E-state index contributed by atoms with van der Waals surface area (Å²) < 4.78 is 0. The van der Waals surface area contributed by atoms with E-state index in [1.165, 1.54) is 16.2 Å². The Morgan fingerprint density at radius 1 is 1.75 bits per heavy atom. The zero-order valence-electron chi connectivity index (χ0n) is 8.68. The van der Waals surface area contributed by atoms with Crippen LogP contribution in [0.5, 0.6) is 0 Å². The van der Waals surface area contributed by atoms with E-state index in [1.807, 2.05) is 6.92 Å². The van der Waals surface area contributed by atoms with Crippen LogP contribution in [0.2, 0.25) is 5.02 Å². The van der Waals surface area contributed by atoms with Crippen molar-refractivity contribution in [2.24, 2.45) is 10.9 Å². The largest absolute Gasteiger partial charge is 0.409 e. The SMILES string of the molecule is CCN(C/C(N)=N/O)C(=O)c1sccc1Cl. The minimum absolute atomic E-state index is 0.0112. The van der Waals surface area contributed by atoms with Crippen molar-refractivity contribution in [1.82, 2.24) is 4.90 Å². The van der Waals surface area contributed by atoms with Gasteiger partial charge in [0, 0.05) is 6.54 Å². The number of nitrogens with zero attached hydrogens (tertiary/aromatic N) is 2. The zero-order chi connectivity index (χ0) is 12.1. The third-order valence-electron chi connectivity index (χ3n) is 1.96. The summed E-state index contributed by atoms with van der Waals surface area (Å²) >= 11 is 7.13. The van der Waals surface area contributed by atoms with Crippen LogP contribution in [-0.4, -0.2) is 34.9 Å². The average molecular weight is 262 g/mol. The summed E-state index contributed by atoms with van der Waals surface area (Å²) in [6.07, 6.45) is 0. The maximum atomic E-state index is 12.0. The van der Waals surface area contributed by atoms with Crippen molar-refractivity contribution in [2.75, 3.05) is 13.1 Å². The third-order valence-corrected chi connectivity index (χ3v) is 3.29. The number of amides is 1. The van der Waals surface area contributed by atoms with Crippen molar-refractivity contribution in [2.45, 2.75) is 6.92 Å². The molecule has 5 nitrogen and oxygen atoms in total. The van der Waals surface area contributed by atoms with Crippen molar-refractivity contribution in [3.8, 4) is 0 Å². The first-order valence-electron chi connectivity index (χ1n) is 4.58. The van der Waals surface area contributed by atoms with Crippen LogP contribution in [0, 0.1) is 0 Å². The lowest BCUT2D eigenvalue weighted by Crippen LogP contribution is -2.38. The predicted molar refractivity (Wildman–Crippen MR) is 64.3 cm³/mol. The van der Waals surface area contributed by atoms with E-state index in [-0.39, 0.29) is 18.3 Å². The topological polar surface area (TPSA) is 78.9 Å². The van der Waals surface area contributed by atoms with Gasteiger partial charge in [-0.25, -0.2) is 0 Å². The number of likely N-dealkylation sites (N-methyl/N-ethyl adjacent to an activating group) is 1. The van der Waals surface area contributed by atoms with Crippen LogP contribution >= 0.6 is 22.9 Å². The smallest absolute Gasteiger partial charge is 0.265 e. The number of halogens is 1. The summed E-state index contributed by atoms with van der Waals surface area (Å²) in [6.45, 7) is 2.35. The van der Waals surface area contributed by atoms with Crippen molar-refractivity contribution in [3.05, 3.63) is 21.3 Å². The molecule has 1 amide bonds. The summed E-state index contributed by atoms with van der Waals surface area (Å²) in [7, 11) is 0. The number of amidine groups is 1. The molecule has 1 aromatic heterocycles. The molecule has 0 aromatic carbocycles. The molecule has 0 unspecified atom stereocenters. The van der Waals surface area contributed by atoms with Gasteiger partial charge in [0.25, 0.3) is 5.91 Å². The van der Waals surface area contributed by atoms with Gasteiger partial charge in [0.2, 0.25) is 0 Å². The minimum atomic E-state index is -0.214. The first-order valence-corrected chi connectivity index (χ1v) is 5.84. The van der Waals surface area contributed by atoms with Gasteiger partial charge in [-0.1, -0.05) is 16.8 Å². The van der Waals surface area contributed by atoms with Gasteiger partial charge in [0.1, 0.15) is 4.88 Å². The summed E-state index contributed by atoms with van der Waals surface area (Å²) in [5, 5.41) is 13.4. The fourth-order valence-corrected chi connectivity index (χ4v) is 2.25. The van der Waals surface area contributed by atoms with Gasteiger partial charge in [0.05, 0.1) is 11.6 Å². The Hall–Kier alpha value is -1.27. The summed E-state index contributed by atoms with van der Waals surface area (Å²) in [6, 6.07) is 1.66. The molecule has 1 heterocycles. The molecule has 1 rings (SSSR count). The second-order valence-electron chi connectivity index (χ2n) is 3.01. The lowest BCUT2D eigenvalue weighted by molar-refractivity contribution is 0.0791. The Bertz CT molecular complexity index is 405. The molecule has 88 valence electrons. The highest BCUT2D eigenvalue weighted by Gasteiger charge is 2.19. The monoisotopic (exact) mass is 261 g/mol. The maximum Gasteiger partial charge on any atom is 0.265 e. The molecule has 3 N–H and O–H groups in total. The van der Waals surface area contributed by atoms with Crippen LogP contribution in [0.4, 0.5) is 0 Å². The van der Waals surface area contributed by atoms with E-state index in [0.717, 1.165) is 0 Å². The van der Waals surface area contributed by atoms with Gasteiger partial charge in [0.15, 0.2) is 5.84 Å². The van der Waals surface area contributed by atoms with E-state index in [9.17, 15) is 4.79 Å². The number of oxime groups is 1. The molecule has 7 heteroatoms. The molecule has 0 aliphatic heterocycles. The van der Waals surface area contributed by atoms with Gasteiger partial charge in [-0.2, -0.15) is 0 Å². The molecule has 0 fully saturated rings. The molecular formula is C9H12ClN3O2S. The van der Waals surface area contributed by atoms with E-state index < -0.39 is 0 Å². The molecule has 0 aliphatic carbocycles. The quantitative estimate of drug-likeness (QED) is 0.374. The molecule has 0 radical (unpaired) electrons. The highest BCUT2D eigenvalue weighted by atomic mass is 35.5. The van der Waals surface area contributed by atoms with Crippen molar-refractivity contribution in [3.63, 3.8) is 0 Å². The standard InChI is InChI=1S/C9H12ClN3O2S/c1-2-13(5-7(11)12-15)9(14)8-6(10)3-4-16-8/h3-4,15H,2,5H2,1H3,(H2,11,12). The number of thiophene rings is 1. The molecule has 0 bridgehead atoms. The molecule has 16 heavy (non-hydrogen) atoms. The predicted octanol–water partition coefficient (Wildman–Crippen LogP) is 1.61. The number of carbonyl (C=O) groups is 1. The zero-order valence-corrected chi connectivity index (χ0v) is 10.3. The first kappa shape index (κ1) is 12.8. The highest BCUT2D eigenvalue weighted by molar-refractivity contribution is 7.12. The summed E-state index contributed by atoms with van der Waals surface area (Å²) in [5.41, 5.74) is 5.36. The fourth-order valence-electron chi connectivity index (χ4n) is 1.14. The number of carbonyl (C=O) groups excluding carboxylic acids is 1. The van der Waals surface area contributed by atoms with E-state index in [2.05, 4.69) is 5.16 Å². The second-order valence-corrected chi connectivity index (χ2v) is 4.33. The van der Waals surface area contributed by atoms with Crippen molar-refractivity contribution < 1.29 is 10.0 Å². The Kier molecular flexibility index (Phi) is 4.57. The van der Waals surface area contributed by atoms with Crippen LogP contribution in [0.3, 0.4) is 0 Å². The first-order chi connectivity index (χ1) is 7.60. The fraction of sp³-hybridized carbons (Fsp3) is 0.333. The lowest BCUT2D eigenvalue weighted by Gasteiger charge is -2.19. The van der Waals surface area contributed by atoms with Crippen LogP contribution in [-0.2, 0) is 0 Å². The van der Waals surface area contributed by atoms with E-state index in [0.29, 0.717) is 16.4 Å². The highest BCUT2D eigenvalue weighted by Crippen LogP contribution is 2.23. The van der Waals surface area contributed by atoms with Gasteiger partial charge < -0.3 is 15.8 Å². The van der Waals surface area contributed by atoms with Gasteiger partial charge >= 0.3 is 0 Å². The minimum Gasteiger partial charge on any atom is -0.409 e. The Morgan fingerprint density at radius 2 is 2.44 bits per heavy atom. The molecule has 1 aromatic rings. The van der Waals surface area contributed by atoms with Crippen molar-refractivity contribution >= 4 is 34.7 Å². The Labute approximate surface area is 102 Å². The third kappa shape index (κ3) is 2.86. The maximum absolute atomic E-state index is 12.0.